The lowest BCUT2D eigenvalue weighted by Crippen LogP contribution is -2.44. The number of nitro groups is 1. The average molecular weight is 372 g/mol. The van der Waals surface area contributed by atoms with E-state index in [1.807, 2.05) is 24.3 Å². The van der Waals surface area contributed by atoms with Gasteiger partial charge in [0.15, 0.2) is 0 Å². The van der Waals surface area contributed by atoms with Gasteiger partial charge in [-0.15, -0.1) is 0 Å². The Morgan fingerprint density at radius 3 is 2.37 bits per heavy atom. The number of piperazine rings is 1. The van der Waals surface area contributed by atoms with Crippen LogP contribution in [0.3, 0.4) is 0 Å². The predicted octanol–water partition coefficient (Wildman–Crippen LogP) is 1.80. The first-order valence-electron chi connectivity index (χ1n) is 8.87. The fourth-order valence-corrected chi connectivity index (χ4v) is 3.26. The summed E-state index contributed by atoms with van der Waals surface area (Å²) < 4.78 is 1.36. The summed E-state index contributed by atoms with van der Waals surface area (Å²) in [5.74, 6) is -0.275. The van der Waals surface area contributed by atoms with Crippen molar-refractivity contribution in [2.45, 2.75) is 20.4 Å². The Morgan fingerprint density at radius 1 is 1.19 bits per heavy atom. The lowest BCUT2D eigenvalue weighted by atomic mass is 10.2. The zero-order chi connectivity index (χ0) is 19.6. The maximum atomic E-state index is 12.3. The van der Waals surface area contributed by atoms with Crippen LogP contribution in [0.5, 0.6) is 0 Å². The molecule has 144 valence electrons. The maximum Gasteiger partial charge on any atom is 0.312 e. The molecular weight excluding hydrogens is 348 g/mol. The number of nitrogens with zero attached hydrogens (tertiary/aromatic N) is 5. The molecule has 0 unspecified atom stereocenters. The van der Waals surface area contributed by atoms with Crippen molar-refractivity contribution in [2.75, 3.05) is 43.4 Å². The van der Waals surface area contributed by atoms with Crippen LogP contribution in [0, 0.1) is 24.0 Å². The first kappa shape index (κ1) is 18.8. The minimum atomic E-state index is -0.469. The normalized spacial score (nSPS) is 15.0. The van der Waals surface area contributed by atoms with Crippen molar-refractivity contribution in [3.63, 3.8) is 0 Å². The Hall–Kier alpha value is -2.94. The second-order valence-electron chi connectivity index (χ2n) is 6.82. The second kappa shape index (κ2) is 7.75. The molecule has 0 atom stereocenters. The van der Waals surface area contributed by atoms with Crippen LogP contribution in [0.2, 0.25) is 0 Å². The molecule has 0 bridgehead atoms. The number of aryl methyl sites for hydroxylation is 1. The van der Waals surface area contributed by atoms with Crippen LogP contribution in [-0.4, -0.2) is 58.7 Å². The third kappa shape index (κ3) is 4.25. The first-order chi connectivity index (χ1) is 12.8. The molecule has 0 radical (unpaired) electrons. The number of rotatable bonds is 5. The number of hydrogen-bond donors (Lipinski definition) is 1. The summed E-state index contributed by atoms with van der Waals surface area (Å²) in [6.07, 6.45) is 0. The minimum absolute atomic E-state index is 0.0423. The molecule has 1 amide bonds. The van der Waals surface area contributed by atoms with Gasteiger partial charge in [0.2, 0.25) is 5.91 Å². The van der Waals surface area contributed by atoms with Gasteiger partial charge in [0.1, 0.15) is 17.9 Å². The molecule has 1 aromatic heterocycles. The molecule has 0 spiro atoms. The third-order valence-corrected chi connectivity index (χ3v) is 4.84. The number of benzene rings is 1. The van der Waals surface area contributed by atoms with Crippen LogP contribution in [0.15, 0.2) is 24.3 Å². The van der Waals surface area contributed by atoms with Crippen molar-refractivity contribution in [2.24, 2.45) is 0 Å². The molecule has 0 aliphatic carbocycles. The molecular formula is C18H24N6O3. The predicted molar refractivity (Wildman–Crippen MR) is 103 cm³/mol. The van der Waals surface area contributed by atoms with Crippen molar-refractivity contribution in [1.82, 2.24) is 14.7 Å². The number of carbonyl (C=O) groups is 1. The van der Waals surface area contributed by atoms with Gasteiger partial charge in [-0.1, -0.05) is 0 Å². The number of likely N-dealkylation sites (N-methyl/N-ethyl adjacent to an activating group) is 1. The van der Waals surface area contributed by atoms with Gasteiger partial charge in [-0.25, -0.2) is 0 Å². The van der Waals surface area contributed by atoms with E-state index in [0.29, 0.717) is 17.1 Å². The highest BCUT2D eigenvalue weighted by Gasteiger charge is 2.22. The molecule has 9 nitrogen and oxygen atoms in total. The fraction of sp³-hybridized carbons (Fsp3) is 0.444. The number of amides is 1. The van der Waals surface area contributed by atoms with Crippen molar-refractivity contribution in [3.8, 4) is 0 Å². The Morgan fingerprint density at radius 2 is 1.81 bits per heavy atom. The smallest absolute Gasteiger partial charge is 0.312 e. The molecule has 1 aliphatic heterocycles. The van der Waals surface area contributed by atoms with Gasteiger partial charge in [-0.2, -0.15) is 5.10 Å². The number of anilines is 2. The molecule has 3 rings (SSSR count). The SMILES string of the molecule is Cc1nn(CC(=O)Nc2ccc(N3CCN(C)CC3)cc2)c(C)c1[N+](=O)[O-]. The van der Waals surface area contributed by atoms with Gasteiger partial charge in [-0.3, -0.25) is 19.6 Å². The molecule has 1 aliphatic rings. The van der Waals surface area contributed by atoms with Crippen molar-refractivity contribution in [1.29, 1.82) is 0 Å². The summed E-state index contributed by atoms with van der Waals surface area (Å²) in [4.78, 5) is 27.5. The van der Waals surface area contributed by atoms with Crippen LogP contribution in [0.4, 0.5) is 17.1 Å². The van der Waals surface area contributed by atoms with Crippen LogP contribution in [0.1, 0.15) is 11.4 Å². The topological polar surface area (TPSA) is 96.5 Å². The molecule has 0 saturated carbocycles. The fourth-order valence-electron chi connectivity index (χ4n) is 3.26. The number of hydrogen-bond acceptors (Lipinski definition) is 6. The van der Waals surface area contributed by atoms with Gasteiger partial charge >= 0.3 is 5.69 Å². The molecule has 1 N–H and O–H groups in total. The van der Waals surface area contributed by atoms with Gasteiger partial charge in [-0.05, 0) is 45.2 Å². The van der Waals surface area contributed by atoms with E-state index >= 15 is 0 Å². The number of nitrogens with one attached hydrogen (secondary N) is 1. The Balaban J connectivity index is 1.61. The average Bonchev–Trinajstić information content (AvgIpc) is 2.90. The van der Waals surface area contributed by atoms with Crippen LogP contribution in [-0.2, 0) is 11.3 Å². The Kier molecular flexibility index (Phi) is 5.41. The molecule has 1 saturated heterocycles. The molecule has 1 aromatic carbocycles. The van der Waals surface area contributed by atoms with E-state index in [9.17, 15) is 14.9 Å². The zero-order valence-corrected chi connectivity index (χ0v) is 15.8. The summed E-state index contributed by atoms with van der Waals surface area (Å²) in [6.45, 7) is 7.13. The highest BCUT2D eigenvalue weighted by atomic mass is 16.6. The second-order valence-corrected chi connectivity index (χ2v) is 6.82. The largest absolute Gasteiger partial charge is 0.369 e. The van der Waals surface area contributed by atoms with Gasteiger partial charge < -0.3 is 15.1 Å². The van der Waals surface area contributed by atoms with Gasteiger partial charge in [0, 0.05) is 37.6 Å². The molecule has 27 heavy (non-hydrogen) atoms. The lowest BCUT2D eigenvalue weighted by Gasteiger charge is -2.34. The van der Waals surface area contributed by atoms with E-state index in [0.717, 1.165) is 31.9 Å². The van der Waals surface area contributed by atoms with Crippen LogP contribution in [0.25, 0.3) is 0 Å². The van der Waals surface area contributed by atoms with Gasteiger partial charge in [0.05, 0.1) is 4.92 Å². The van der Waals surface area contributed by atoms with Crippen molar-refractivity contribution in [3.05, 3.63) is 45.8 Å². The zero-order valence-electron chi connectivity index (χ0n) is 15.8. The quantitative estimate of drug-likeness (QED) is 0.635. The number of carbonyl (C=O) groups excluding carboxylic acids is 1. The summed E-state index contributed by atoms with van der Waals surface area (Å²) in [7, 11) is 2.12. The van der Waals surface area contributed by atoms with E-state index < -0.39 is 4.92 Å². The number of aromatic nitrogens is 2. The molecule has 2 heterocycles. The van der Waals surface area contributed by atoms with E-state index in [2.05, 4.69) is 27.3 Å². The van der Waals surface area contributed by atoms with E-state index in [4.69, 9.17) is 0 Å². The Bertz CT molecular complexity index is 838. The van der Waals surface area contributed by atoms with Crippen LogP contribution < -0.4 is 10.2 Å². The first-order valence-corrected chi connectivity index (χ1v) is 8.87. The third-order valence-electron chi connectivity index (χ3n) is 4.84. The monoisotopic (exact) mass is 372 g/mol. The highest BCUT2D eigenvalue weighted by molar-refractivity contribution is 5.90. The van der Waals surface area contributed by atoms with Crippen LogP contribution >= 0.6 is 0 Å². The van der Waals surface area contributed by atoms with Crippen molar-refractivity contribution < 1.29 is 9.72 Å². The lowest BCUT2D eigenvalue weighted by molar-refractivity contribution is -0.386. The standard InChI is InChI=1S/C18H24N6O3/c1-13-18(24(26)27)14(2)23(20-13)12-17(25)19-15-4-6-16(7-5-15)22-10-8-21(3)9-11-22/h4-7H,8-12H2,1-3H3,(H,19,25). The summed E-state index contributed by atoms with van der Waals surface area (Å²) in [6, 6.07) is 7.73. The molecule has 1 fully saturated rings. The van der Waals surface area contributed by atoms with E-state index in [1.165, 1.54) is 4.68 Å². The summed E-state index contributed by atoms with van der Waals surface area (Å²) >= 11 is 0. The van der Waals surface area contributed by atoms with E-state index in [1.54, 1.807) is 13.8 Å². The van der Waals surface area contributed by atoms with Gasteiger partial charge in [0.25, 0.3) is 0 Å². The minimum Gasteiger partial charge on any atom is -0.369 e. The molecule has 2 aromatic rings. The van der Waals surface area contributed by atoms with Crippen molar-refractivity contribution >= 4 is 23.0 Å². The van der Waals surface area contributed by atoms with E-state index in [-0.39, 0.29) is 18.1 Å². The highest BCUT2D eigenvalue weighted by Crippen LogP contribution is 2.22. The molecule has 9 heteroatoms. The Labute approximate surface area is 157 Å². The summed E-state index contributed by atoms with van der Waals surface area (Å²) in [5, 5.41) is 18.0. The maximum absolute atomic E-state index is 12.3. The summed E-state index contributed by atoms with van der Waals surface area (Å²) in [5.41, 5.74) is 2.46.